The van der Waals surface area contributed by atoms with Crippen LogP contribution in [0.1, 0.15) is 29.9 Å². The van der Waals surface area contributed by atoms with Gasteiger partial charge in [0.25, 0.3) is 0 Å². The molecule has 0 aliphatic rings. The summed E-state index contributed by atoms with van der Waals surface area (Å²) in [7, 11) is -3.81. The minimum Gasteiger partial charge on any atom is -0.477 e. The van der Waals surface area contributed by atoms with Gasteiger partial charge in [-0.05, 0) is 42.3 Å². The molecule has 19 heavy (non-hydrogen) atoms. The topological polar surface area (TPSA) is 104 Å². The zero-order chi connectivity index (χ0) is 14.8. The Bertz CT molecular complexity index is 566. The van der Waals surface area contributed by atoms with Crippen molar-refractivity contribution in [3.63, 3.8) is 0 Å². The molecule has 9 heteroatoms. The van der Waals surface area contributed by atoms with Crippen molar-refractivity contribution in [3.8, 4) is 0 Å². The average molecular weight is 372 g/mol. The van der Waals surface area contributed by atoms with Crippen molar-refractivity contribution < 1.29 is 23.4 Å². The fourth-order valence-corrected chi connectivity index (χ4v) is 5.19. The Morgan fingerprint density at radius 3 is 2.53 bits per heavy atom. The molecule has 6 nitrogen and oxygen atoms in total. The van der Waals surface area contributed by atoms with Crippen LogP contribution in [0.4, 0.5) is 0 Å². The molecule has 108 valence electrons. The van der Waals surface area contributed by atoms with E-state index in [1.54, 1.807) is 13.8 Å². The van der Waals surface area contributed by atoms with Crippen LogP contribution in [0.3, 0.4) is 0 Å². The summed E-state index contributed by atoms with van der Waals surface area (Å²) >= 11 is 3.89. The molecule has 1 heterocycles. The second-order valence-corrected chi connectivity index (χ2v) is 8.21. The number of carboxylic acid groups (broad SMARTS) is 1. The highest BCUT2D eigenvalue weighted by Crippen LogP contribution is 2.31. The van der Waals surface area contributed by atoms with Crippen molar-refractivity contribution in [2.75, 3.05) is 0 Å². The van der Waals surface area contributed by atoms with Gasteiger partial charge in [0.05, 0.1) is 9.89 Å². The molecule has 0 spiro atoms. The van der Waals surface area contributed by atoms with E-state index in [1.807, 2.05) is 0 Å². The lowest BCUT2D eigenvalue weighted by Crippen LogP contribution is -2.34. The van der Waals surface area contributed by atoms with Gasteiger partial charge in [0.2, 0.25) is 10.0 Å². The Morgan fingerprint density at radius 1 is 1.53 bits per heavy atom. The summed E-state index contributed by atoms with van der Waals surface area (Å²) in [4.78, 5) is 10.6. The van der Waals surface area contributed by atoms with Gasteiger partial charge in [-0.2, -0.15) is 0 Å². The van der Waals surface area contributed by atoms with Gasteiger partial charge in [0.15, 0.2) is 0 Å². The van der Waals surface area contributed by atoms with Crippen molar-refractivity contribution in [1.29, 1.82) is 0 Å². The van der Waals surface area contributed by atoms with Crippen LogP contribution in [0.5, 0.6) is 0 Å². The number of carbonyl (C=O) groups is 1. The number of aliphatic hydroxyl groups excluding tert-OH is 1. The van der Waals surface area contributed by atoms with Gasteiger partial charge >= 0.3 is 5.97 Å². The summed E-state index contributed by atoms with van der Waals surface area (Å²) in [5.41, 5.74) is 0. The lowest BCUT2D eigenvalue weighted by atomic mass is 10.2. The van der Waals surface area contributed by atoms with Gasteiger partial charge in [-0.3, -0.25) is 0 Å². The second kappa shape index (κ2) is 6.31. The lowest BCUT2D eigenvalue weighted by molar-refractivity contribution is 0.0702. The molecule has 1 aromatic rings. The van der Waals surface area contributed by atoms with Gasteiger partial charge in [0.1, 0.15) is 9.77 Å². The van der Waals surface area contributed by atoms with Gasteiger partial charge in [-0.25, -0.2) is 17.9 Å². The maximum absolute atomic E-state index is 12.1. The van der Waals surface area contributed by atoms with E-state index in [9.17, 15) is 18.3 Å². The second-order valence-electron chi connectivity index (χ2n) is 4.16. The van der Waals surface area contributed by atoms with E-state index < -0.39 is 28.1 Å². The Hall–Kier alpha value is -0.480. The third-order valence-corrected chi connectivity index (χ3v) is 6.04. The zero-order valence-corrected chi connectivity index (χ0v) is 13.5. The molecule has 0 fully saturated rings. The summed E-state index contributed by atoms with van der Waals surface area (Å²) in [6.45, 7) is 3.19. The Balaban J connectivity index is 2.97. The van der Waals surface area contributed by atoms with Gasteiger partial charge in [0, 0.05) is 6.04 Å². The molecule has 0 bridgehead atoms. The van der Waals surface area contributed by atoms with Crippen LogP contribution in [-0.4, -0.2) is 36.7 Å². The molecule has 2 unspecified atom stereocenters. The summed E-state index contributed by atoms with van der Waals surface area (Å²) < 4.78 is 26.8. The third kappa shape index (κ3) is 4.53. The molecule has 1 rings (SSSR count). The highest BCUT2D eigenvalue weighted by Gasteiger charge is 2.25. The molecule has 0 saturated carbocycles. The number of carboxylic acids is 1. The average Bonchev–Trinajstić information content (AvgIpc) is 2.58. The van der Waals surface area contributed by atoms with Gasteiger partial charge in [-0.15, -0.1) is 11.3 Å². The summed E-state index contributed by atoms with van der Waals surface area (Å²) in [5.74, 6) is -1.18. The highest BCUT2D eigenvalue weighted by atomic mass is 79.9. The highest BCUT2D eigenvalue weighted by molar-refractivity contribution is 9.11. The summed E-state index contributed by atoms with van der Waals surface area (Å²) in [6, 6.07) is 0.652. The minimum absolute atomic E-state index is 0.0598. The molecule has 0 aromatic carbocycles. The number of hydrogen-bond acceptors (Lipinski definition) is 5. The number of sulfonamides is 1. The molecule has 0 saturated heterocycles. The minimum atomic E-state index is -3.81. The van der Waals surface area contributed by atoms with Crippen LogP contribution < -0.4 is 4.72 Å². The van der Waals surface area contributed by atoms with Gasteiger partial charge in [-0.1, -0.05) is 0 Å². The van der Waals surface area contributed by atoms with E-state index in [2.05, 4.69) is 20.7 Å². The Morgan fingerprint density at radius 2 is 2.11 bits per heavy atom. The molecule has 0 aliphatic carbocycles. The predicted octanol–water partition coefficient (Wildman–Crippen LogP) is 1.65. The molecule has 0 aliphatic heterocycles. The van der Waals surface area contributed by atoms with E-state index in [0.29, 0.717) is 0 Å². The number of thiophene rings is 1. The first-order valence-corrected chi connectivity index (χ1v) is 8.45. The van der Waals surface area contributed by atoms with E-state index in [4.69, 9.17) is 5.11 Å². The Labute approximate surface area is 123 Å². The fraction of sp³-hybridized carbons (Fsp3) is 0.500. The van der Waals surface area contributed by atoms with Crippen LogP contribution in [0.15, 0.2) is 14.7 Å². The van der Waals surface area contributed by atoms with Crippen LogP contribution in [0.2, 0.25) is 0 Å². The maximum Gasteiger partial charge on any atom is 0.345 e. The number of aliphatic hydroxyl groups is 1. The SMILES string of the molecule is CC(O)CC(C)NS(=O)(=O)c1cc(C(=O)O)sc1Br. The van der Waals surface area contributed by atoms with Crippen molar-refractivity contribution in [3.05, 3.63) is 14.7 Å². The molecular weight excluding hydrogens is 358 g/mol. The fourth-order valence-electron chi connectivity index (χ4n) is 1.53. The van der Waals surface area contributed by atoms with Crippen molar-refractivity contribution in [2.24, 2.45) is 0 Å². The van der Waals surface area contributed by atoms with Crippen molar-refractivity contribution in [2.45, 2.75) is 37.3 Å². The molecule has 0 amide bonds. The number of rotatable bonds is 6. The molecule has 0 radical (unpaired) electrons. The number of halogens is 1. The van der Waals surface area contributed by atoms with Crippen LogP contribution >= 0.6 is 27.3 Å². The summed E-state index contributed by atoms with van der Waals surface area (Å²) in [5, 5.41) is 18.0. The summed E-state index contributed by atoms with van der Waals surface area (Å²) in [6.07, 6.45) is -0.356. The number of nitrogens with one attached hydrogen (secondary N) is 1. The van der Waals surface area contributed by atoms with Crippen molar-refractivity contribution in [1.82, 2.24) is 4.72 Å². The molecule has 2 atom stereocenters. The first-order valence-electron chi connectivity index (χ1n) is 5.36. The monoisotopic (exact) mass is 371 g/mol. The first-order chi connectivity index (χ1) is 8.63. The smallest absolute Gasteiger partial charge is 0.345 e. The zero-order valence-electron chi connectivity index (χ0n) is 10.3. The molecular formula is C10H14BrNO5S2. The van der Waals surface area contributed by atoms with E-state index >= 15 is 0 Å². The first kappa shape index (κ1) is 16.6. The largest absolute Gasteiger partial charge is 0.477 e. The molecule has 3 N–H and O–H groups in total. The Kier molecular flexibility index (Phi) is 5.51. The van der Waals surface area contributed by atoms with Gasteiger partial charge < -0.3 is 10.2 Å². The van der Waals surface area contributed by atoms with Crippen LogP contribution in [-0.2, 0) is 10.0 Å². The predicted molar refractivity (Wildman–Crippen MR) is 75.1 cm³/mol. The number of hydrogen-bond donors (Lipinski definition) is 3. The van der Waals surface area contributed by atoms with E-state index in [1.165, 1.54) is 0 Å². The lowest BCUT2D eigenvalue weighted by Gasteiger charge is -2.15. The van der Waals surface area contributed by atoms with Crippen molar-refractivity contribution >= 4 is 43.3 Å². The normalized spacial score (nSPS) is 15.2. The standard InChI is InChI=1S/C10H14BrNO5S2/c1-5(3-6(2)13)12-19(16,17)8-4-7(10(14)15)18-9(8)11/h4-6,12-13H,3H2,1-2H3,(H,14,15). The van der Waals surface area contributed by atoms with Crippen LogP contribution in [0, 0.1) is 0 Å². The van der Waals surface area contributed by atoms with E-state index in [-0.39, 0.29) is 20.0 Å². The number of aromatic carboxylic acids is 1. The third-order valence-electron chi connectivity index (χ3n) is 2.21. The maximum atomic E-state index is 12.1. The van der Waals surface area contributed by atoms with E-state index in [0.717, 1.165) is 17.4 Å². The quantitative estimate of drug-likeness (QED) is 0.705. The van der Waals surface area contributed by atoms with Crippen LogP contribution in [0.25, 0.3) is 0 Å². The molecule has 1 aromatic heterocycles.